The maximum absolute atomic E-state index is 12.5. The second-order valence-electron chi connectivity index (χ2n) is 2.63. The van der Waals surface area contributed by atoms with Gasteiger partial charge in [0.05, 0.1) is 5.69 Å². The first-order valence-electron chi connectivity index (χ1n) is 3.42. The summed E-state index contributed by atoms with van der Waals surface area (Å²) in [5.41, 5.74) is 1.48. The standard InChI is InChI=1S/C8H6FNO/c9-8-2-1-5-3-6(11)4-7(5)10-8/h1-2H,3-4H2. The summed E-state index contributed by atoms with van der Waals surface area (Å²) < 4.78 is 12.5. The normalized spacial score (nSPS) is 15.2. The number of hydrogen-bond donors (Lipinski definition) is 0. The molecule has 0 amide bonds. The number of aromatic nitrogens is 1. The molecule has 0 saturated heterocycles. The van der Waals surface area contributed by atoms with Crippen LogP contribution in [0.3, 0.4) is 0 Å². The highest BCUT2D eigenvalue weighted by atomic mass is 19.1. The van der Waals surface area contributed by atoms with Gasteiger partial charge in [-0.2, -0.15) is 4.39 Å². The highest BCUT2D eigenvalue weighted by Crippen LogP contribution is 2.16. The largest absolute Gasteiger partial charge is 0.299 e. The van der Waals surface area contributed by atoms with E-state index in [9.17, 15) is 9.18 Å². The molecule has 11 heavy (non-hydrogen) atoms. The molecule has 0 unspecified atom stereocenters. The van der Waals surface area contributed by atoms with Crippen LogP contribution in [0.1, 0.15) is 11.3 Å². The van der Waals surface area contributed by atoms with Crippen molar-refractivity contribution in [2.45, 2.75) is 12.8 Å². The van der Waals surface area contributed by atoms with Crippen molar-refractivity contribution >= 4 is 5.78 Å². The lowest BCUT2D eigenvalue weighted by molar-refractivity contribution is -0.117. The van der Waals surface area contributed by atoms with E-state index in [1.807, 2.05) is 0 Å². The second-order valence-corrected chi connectivity index (χ2v) is 2.63. The number of nitrogens with zero attached hydrogens (tertiary/aromatic N) is 1. The minimum absolute atomic E-state index is 0.123. The van der Waals surface area contributed by atoms with E-state index in [-0.39, 0.29) is 5.78 Å². The minimum atomic E-state index is -0.501. The van der Waals surface area contributed by atoms with E-state index >= 15 is 0 Å². The first kappa shape index (κ1) is 6.46. The molecule has 0 bridgehead atoms. The van der Waals surface area contributed by atoms with Crippen molar-refractivity contribution in [3.05, 3.63) is 29.3 Å². The summed E-state index contributed by atoms with van der Waals surface area (Å²) in [6.07, 6.45) is 0.718. The summed E-state index contributed by atoms with van der Waals surface area (Å²) in [5.74, 6) is -0.378. The molecule has 0 aromatic carbocycles. The molecule has 0 saturated carbocycles. The highest BCUT2D eigenvalue weighted by molar-refractivity contribution is 5.87. The zero-order chi connectivity index (χ0) is 7.84. The number of carbonyl (C=O) groups is 1. The Morgan fingerprint density at radius 3 is 3.00 bits per heavy atom. The Labute approximate surface area is 63.1 Å². The molecule has 0 radical (unpaired) electrons. The summed E-state index contributed by atoms with van der Waals surface area (Å²) in [6.45, 7) is 0. The highest BCUT2D eigenvalue weighted by Gasteiger charge is 2.19. The van der Waals surface area contributed by atoms with Crippen molar-refractivity contribution in [3.63, 3.8) is 0 Å². The van der Waals surface area contributed by atoms with Gasteiger partial charge in [0, 0.05) is 12.8 Å². The molecule has 0 N–H and O–H groups in total. The predicted octanol–water partition coefficient (Wildman–Crippen LogP) is 0.888. The fraction of sp³-hybridized carbons (Fsp3) is 0.250. The number of hydrogen-bond acceptors (Lipinski definition) is 2. The lowest BCUT2D eigenvalue weighted by Gasteiger charge is -1.93. The van der Waals surface area contributed by atoms with Crippen molar-refractivity contribution in [1.82, 2.24) is 4.98 Å². The van der Waals surface area contributed by atoms with Gasteiger partial charge in [0.15, 0.2) is 0 Å². The summed E-state index contributed by atoms with van der Waals surface area (Å²) in [6, 6.07) is 2.92. The number of Topliss-reactive ketones (excluding diaryl/α,β-unsaturated/α-hetero) is 1. The van der Waals surface area contributed by atoms with Gasteiger partial charge < -0.3 is 0 Å². The fourth-order valence-electron chi connectivity index (χ4n) is 1.28. The number of fused-ring (bicyclic) bond motifs is 1. The third-order valence-corrected chi connectivity index (χ3v) is 1.79. The van der Waals surface area contributed by atoms with Gasteiger partial charge >= 0.3 is 0 Å². The van der Waals surface area contributed by atoms with Gasteiger partial charge in [0.2, 0.25) is 5.95 Å². The molecule has 1 aromatic rings. The Morgan fingerprint density at radius 2 is 2.18 bits per heavy atom. The molecule has 56 valence electrons. The van der Waals surface area contributed by atoms with Gasteiger partial charge in [0.25, 0.3) is 0 Å². The van der Waals surface area contributed by atoms with E-state index in [4.69, 9.17) is 0 Å². The molecule has 1 aliphatic carbocycles. The van der Waals surface area contributed by atoms with Crippen LogP contribution >= 0.6 is 0 Å². The Kier molecular flexibility index (Phi) is 1.24. The molecular formula is C8H6FNO. The molecule has 2 nitrogen and oxygen atoms in total. The predicted molar refractivity (Wildman–Crippen MR) is 36.6 cm³/mol. The van der Waals surface area contributed by atoms with Crippen molar-refractivity contribution < 1.29 is 9.18 Å². The van der Waals surface area contributed by atoms with E-state index in [1.165, 1.54) is 6.07 Å². The van der Waals surface area contributed by atoms with Crippen LogP contribution < -0.4 is 0 Å². The molecule has 0 atom stereocenters. The van der Waals surface area contributed by atoms with E-state index in [0.717, 1.165) is 5.56 Å². The quantitative estimate of drug-likeness (QED) is 0.515. The topological polar surface area (TPSA) is 30.0 Å². The van der Waals surface area contributed by atoms with Gasteiger partial charge in [-0.05, 0) is 11.6 Å². The van der Waals surface area contributed by atoms with E-state index < -0.39 is 5.95 Å². The van der Waals surface area contributed by atoms with Gasteiger partial charge in [-0.25, -0.2) is 4.98 Å². The maximum Gasteiger partial charge on any atom is 0.213 e. The number of pyridine rings is 1. The van der Waals surface area contributed by atoms with Crippen molar-refractivity contribution in [3.8, 4) is 0 Å². The Hall–Kier alpha value is -1.25. The third-order valence-electron chi connectivity index (χ3n) is 1.79. The molecule has 0 aliphatic heterocycles. The van der Waals surface area contributed by atoms with E-state index in [0.29, 0.717) is 18.5 Å². The van der Waals surface area contributed by atoms with Gasteiger partial charge in [0.1, 0.15) is 5.78 Å². The Balaban J connectivity index is 2.51. The zero-order valence-electron chi connectivity index (χ0n) is 5.80. The van der Waals surface area contributed by atoms with E-state index in [1.54, 1.807) is 6.07 Å². The van der Waals surface area contributed by atoms with Crippen LogP contribution in [0.5, 0.6) is 0 Å². The second kappa shape index (κ2) is 2.12. The average Bonchev–Trinajstić information content (AvgIpc) is 2.27. The summed E-state index contributed by atoms with van der Waals surface area (Å²) >= 11 is 0. The molecule has 1 heterocycles. The molecule has 3 heteroatoms. The van der Waals surface area contributed by atoms with Crippen LogP contribution in [0.25, 0.3) is 0 Å². The van der Waals surface area contributed by atoms with Gasteiger partial charge in [-0.3, -0.25) is 4.79 Å². The van der Waals surface area contributed by atoms with Crippen LogP contribution in [0.15, 0.2) is 12.1 Å². The van der Waals surface area contributed by atoms with Crippen LogP contribution in [0.4, 0.5) is 4.39 Å². The molecule has 2 rings (SSSR count). The summed E-state index contributed by atoms with van der Waals surface area (Å²) in [5, 5.41) is 0. The van der Waals surface area contributed by atoms with Crippen molar-refractivity contribution in [1.29, 1.82) is 0 Å². The van der Waals surface area contributed by atoms with Gasteiger partial charge in [-0.1, -0.05) is 6.07 Å². The molecular weight excluding hydrogens is 145 g/mol. The average molecular weight is 151 g/mol. The number of carbonyl (C=O) groups excluding carboxylic acids is 1. The Bertz CT molecular complexity index is 322. The van der Waals surface area contributed by atoms with Crippen molar-refractivity contribution in [2.75, 3.05) is 0 Å². The lowest BCUT2D eigenvalue weighted by Crippen LogP contribution is -1.93. The van der Waals surface area contributed by atoms with Crippen LogP contribution in [-0.4, -0.2) is 10.8 Å². The van der Waals surface area contributed by atoms with Crippen LogP contribution in [0.2, 0.25) is 0 Å². The van der Waals surface area contributed by atoms with Crippen LogP contribution in [0, 0.1) is 5.95 Å². The third kappa shape index (κ3) is 1.02. The van der Waals surface area contributed by atoms with Crippen molar-refractivity contribution in [2.24, 2.45) is 0 Å². The maximum atomic E-state index is 12.5. The minimum Gasteiger partial charge on any atom is -0.299 e. The SMILES string of the molecule is O=C1Cc2ccc(F)nc2C1. The summed E-state index contributed by atoms with van der Waals surface area (Å²) in [7, 11) is 0. The molecule has 1 aromatic heterocycles. The summed E-state index contributed by atoms with van der Waals surface area (Å²) in [4.78, 5) is 14.5. The monoisotopic (exact) mass is 151 g/mol. The number of ketones is 1. The Morgan fingerprint density at radius 1 is 1.36 bits per heavy atom. The van der Waals surface area contributed by atoms with Gasteiger partial charge in [-0.15, -0.1) is 0 Å². The fourth-order valence-corrected chi connectivity index (χ4v) is 1.28. The smallest absolute Gasteiger partial charge is 0.213 e. The molecule has 0 spiro atoms. The first-order chi connectivity index (χ1) is 5.25. The lowest BCUT2D eigenvalue weighted by atomic mass is 10.2. The number of halogens is 1. The zero-order valence-corrected chi connectivity index (χ0v) is 5.80. The molecule has 1 aliphatic rings. The first-order valence-corrected chi connectivity index (χ1v) is 3.42. The number of rotatable bonds is 0. The van der Waals surface area contributed by atoms with Crippen LogP contribution in [-0.2, 0) is 17.6 Å². The van der Waals surface area contributed by atoms with E-state index in [2.05, 4.69) is 4.98 Å². The molecule has 0 fully saturated rings.